The second-order valence-electron chi connectivity index (χ2n) is 4.08. The monoisotopic (exact) mass is 206 g/mol. The average molecular weight is 206 g/mol. The maximum atomic E-state index is 8.89. The molecule has 0 atom stereocenters. The molecule has 3 nitrogen and oxygen atoms in total. The summed E-state index contributed by atoms with van der Waals surface area (Å²) in [7, 11) is 0. The van der Waals surface area contributed by atoms with Crippen LogP contribution in [0, 0.1) is 6.92 Å². The van der Waals surface area contributed by atoms with Crippen LogP contribution in [0.25, 0.3) is 0 Å². The SMILES string of the molecule is Cc1nc(N2CCCC2)ccc1CCO. The zero-order valence-electron chi connectivity index (χ0n) is 9.24. The van der Waals surface area contributed by atoms with Crippen LogP contribution in [0.5, 0.6) is 0 Å². The first-order chi connectivity index (χ1) is 7.31. The molecule has 82 valence electrons. The first-order valence-corrected chi connectivity index (χ1v) is 5.63. The van der Waals surface area contributed by atoms with Gasteiger partial charge in [0.1, 0.15) is 5.82 Å². The van der Waals surface area contributed by atoms with E-state index >= 15 is 0 Å². The minimum Gasteiger partial charge on any atom is -0.396 e. The number of aryl methyl sites for hydroxylation is 1. The summed E-state index contributed by atoms with van der Waals surface area (Å²) in [5.74, 6) is 1.09. The molecule has 0 aliphatic carbocycles. The van der Waals surface area contributed by atoms with Gasteiger partial charge in [-0.3, -0.25) is 0 Å². The standard InChI is InChI=1S/C12H18N2O/c1-10-11(6-9-15)4-5-12(13-10)14-7-2-3-8-14/h4-5,15H,2-3,6-9H2,1H3. The number of anilines is 1. The summed E-state index contributed by atoms with van der Waals surface area (Å²) >= 11 is 0. The zero-order chi connectivity index (χ0) is 10.7. The summed E-state index contributed by atoms with van der Waals surface area (Å²) in [6.07, 6.45) is 3.26. The Hall–Kier alpha value is -1.09. The molecule has 1 aromatic heterocycles. The molecule has 0 radical (unpaired) electrons. The van der Waals surface area contributed by atoms with Crippen LogP contribution < -0.4 is 4.90 Å². The fourth-order valence-electron chi connectivity index (χ4n) is 2.08. The number of rotatable bonds is 3. The molecule has 0 bridgehead atoms. The Bertz CT molecular complexity index is 332. The summed E-state index contributed by atoms with van der Waals surface area (Å²) in [6, 6.07) is 4.16. The normalized spacial score (nSPS) is 16.0. The Kier molecular flexibility index (Phi) is 3.21. The third kappa shape index (κ3) is 2.29. The molecular weight excluding hydrogens is 188 g/mol. The predicted octanol–water partition coefficient (Wildman–Crippen LogP) is 1.53. The molecule has 0 spiro atoms. The summed E-state index contributed by atoms with van der Waals surface area (Å²) < 4.78 is 0. The number of aromatic nitrogens is 1. The number of aliphatic hydroxyl groups excluding tert-OH is 1. The lowest BCUT2D eigenvalue weighted by atomic mass is 10.1. The molecule has 2 rings (SSSR count). The Morgan fingerprint density at radius 2 is 2.07 bits per heavy atom. The molecule has 1 aromatic rings. The lowest BCUT2D eigenvalue weighted by Crippen LogP contribution is -2.19. The lowest BCUT2D eigenvalue weighted by Gasteiger charge is -2.17. The molecule has 2 heterocycles. The Balaban J connectivity index is 2.16. The zero-order valence-corrected chi connectivity index (χ0v) is 9.24. The highest BCUT2D eigenvalue weighted by molar-refractivity contribution is 5.42. The fraction of sp³-hybridized carbons (Fsp3) is 0.583. The van der Waals surface area contributed by atoms with E-state index in [9.17, 15) is 0 Å². The highest BCUT2D eigenvalue weighted by atomic mass is 16.2. The molecule has 0 amide bonds. The van der Waals surface area contributed by atoms with Crippen LogP contribution in [0.4, 0.5) is 5.82 Å². The molecule has 1 fully saturated rings. The summed E-state index contributed by atoms with van der Waals surface area (Å²) in [6.45, 7) is 4.48. The maximum Gasteiger partial charge on any atom is 0.128 e. The van der Waals surface area contributed by atoms with Crippen molar-refractivity contribution in [1.82, 2.24) is 4.98 Å². The highest BCUT2D eigenvalue weighted by Gasteiger charge is 2.13. The molecule has 1 N–H and O–H groups in total. The van der Waals surface area contributed by atoms with Crippen molar-refractivity contribution in [3.05, 3.63) is 23.4 Å². The number of pyridine rings is 1. The molecule has 1 saturated heterocycles. The van der Waals surface area contributed by atoms with E-state index in [0.717, 1.165) is 30.2 Å². The van der Waals surface area contributed by atoms with Gasteiger partial charge in [0.05, 0.1) is 0 Å². The van der Waals surface area contributed by atoms with Crippen molar-refractivity contribution in [2.75, 3.05) is 24.6 Å². The number of aliphatic hydroxyl groups is 1. The molecule has 0 aromatic carbocycles. The highest BCUT2D eigenvalue weighted by Crippen LogP contribution is 2.19. The number of hydrogen-bond donors (Lipinski definition) is 1. The second-order valence-corrected chi connectivity index (χ2v) is 4.08. The van der Waals surface area contributed by atoms with Gasteiger partial charge in [-0.25, -0.2) is 4.98 Å². The quantitative estimate of drug-likeness (QED) is 0.814. The maximum absolute atomic E-state index is 8.89. The first-order valence-electron chi connectivity index (χ1n) is 5.63. The van der Waals surface area contributed by atoms with Crippen molar-refractivity contribution < 1.29 is 5.11 Å². The van der Waals surface area contributed by atoms with Gasteiger partial charge in [-0.1, -0.05) is 6.07 Å². The number of hydrogen-bond acceptors (Lipinski definition) is 3. The van der Waals surface area contributed by atoms with E-state index in [2.05, 4.69) is 22.0 Å². The molecule has 1 aliphatic heterocycles. The smallest absolute Gasteiger partial charge is 0.128 e. The summed E-state index contributed by atoms with van der Waals surface area (Å²) in [5, 5.41) is 8.89. The second kappa shape index (κ2) is 4.62. The van der Waals surface area contributed by atoms with Crippen LogP contribution in [0.15, 0.2) is 12.1 Å². The van der Waals surface area contributed by atoms with Gasteiger partial charge in [-0.15, -0.1) is 0 Å². The Morgan fingerprint density at radius 1 is 1.33 bits per heavy atom. The van der Waals surface area contributed by atoms with Gasteiger partial charge >= 0.3 is 0 Å². The van der Waals surface area contributed by atoms with Crippen molar-refractivity contribution >= 4 is 5.82 Å². The number of nitrogens with zero attached hydrogens (tertiary/aromatic N) is 2. The third-order valence-electron chi connectivity index (χ3n) is 2.99. The van der Waals surface area contributed by atoms with Gasteiger partial charge in [0.25, 0.3) is 0 Å². The van der Waals surface area contributed by atoms with E-state index in [1.54, 1.807) is 0 Å². The van der Waals surface area contributed by atoms with Crippen molar-refractivity contribution in [2.45, 2.75) is 26.2 Å². The third-order valence-corrected chi connectivity index (χ3v) is 2.99. The molecule has 3 heteroatoms. The Labute approximate surface area is 90.8 Å². The van der Waals surface area contributed by atoms with Crippen LogP contribution in [0.2, 0.25) is 0 Å². The van der Waals surface area contributed by atoms with Crippen molar-refractivity contribution in [3.8, 4) is 0 Å². The topological polar surface area (TPSA) is 36.4 Å². The summed E-state index contributed by atoms with van der Waals surface area (Å²) in [4.78, 5) is 6.92. The van der Waals surface area contributed by atoms with Crippen LogP contribution in [0.1, 0.15) is 24.1 Å². The van der Waals surface area contributed by atoms with Crippen LogP contribution in [-0.2, 0) is 6.42 Å². The van der Waals surface area contributed by atoms with Crippen molar-refractivity contribution in [1.29, 1.82) is 0 Å². The van der Waals surface area contributed by atoms with E-state index < -0.39 is 0 Å². The van der Waals surface area contributed by atoms with Crippen LogP contribution >= 0.6 is 0 Å². The van der Waals surface area contributed by atoms with Gasteiger partial charge in [0.15, 0.2) is 0 Å². The minimum atomic E-state index is 0.200. The molecule has 1 aliphatic rings. The van der Waals surface area contributed by atoms with Crippen molar-refractivity contribution in [2.24, 2.45) is 0 Å². The van der Waals surface area contributed by atoms with Crippen molar-refractivity contribution in [3.63, 3.8) is 0 Å². The lowest BCUT2D eigenvalue weighted by molar-refractivity contribution is 0.299. The van der Waals surface area contributed by atoms with Gasteiger partial charge in [-0.2, -0.15) is 0 Å². The first kappa shape index (κ1) is 10.4. The van der Waals surface area contributed by atoms with E-state index in [1.165, 1.54) is 12.8 Å². The van der Waals surface area contributed by atoms with Crippen LogP contribution in [-0.4, -0.2) is 29.8 Å². The minimum absolute atomic E-state index is 0.200. The molecule has 0 unspecified atom stereocenters. The van der Waals surface area contributed by atoms with Gasteiger partial charge in [0.2, 0.25) is 0 Å². The van der Waals surface area contributed by atoms with E-state index in [0.29, 0.717) is 6.42 Å². The summed E-state index contributed by atoms with van der Waals surface area (Å²) in [5.41, 5.74) is 2.20. The molecular formula is C12H18N2O. The average Bonchev–Trinajstić information content (AvgIpc) is 2.74. The van der Waals surface area contributed by atoms with E-state index in [4.69, 9.17) is 5.11 Å². The largest absolute Gasteiger partial charge is 0.396 e. The van der Waals surface area contributed by atoms with Gasteiger partial charge in [-0.05, 0) is 37.8 Å². The fourth-order valence-corrected chi connectivity index (χ4v) is 2.08. The van der Waals surface area contributed by atoms with E-state index in [-0.39, 0.29) is 6.61 Å². The van der Waals surface area contributed by atoms with E-state index in [1.807, 2.05) is 6.92 Å². The predicted molar refractivity (Wildman–Crippen MR) is 61.2 cm³/mol. The molecule has 0 saturated carbocycles. The van der Waals surface area contributed by atoms with Crippen LogP contribution in [0.3, 0.4) is 0 Å². The van der Waals surface area contributed by atoms with Gasteiger partial charge < -0.3 is 10.0 Å². The van der Waals surface area contributed by atoms with Gasteiger partial charge in [0, 0.05) is 25.4 Å². The Morgan fingerprint density at radius 3 is 2.67 bits per heavy atom. The molecule has 15 heavy (non-hydrogen) atoms.